The molecular weight excluding hydrogens is 350 g/mol. The number of hydrazine groups is 1. The molecule has 2 heterocycles. The van der Waals surface area contributed by atoms with Crippen LogP contribution in [0, 0.1) is 0 Å². The lowest BCUT2D eigenvalue weighted by atomic mass is 9.86. The lowest BCUT2D eigenvalue weighted by Crippen LogP contribution is -2.38. The van der Waals surface area contributed by atoms with Gasteiger partial charge in [-0.3, -0.25) is 0 Å². The summed E-state index contributed by atoms with van der Waals surface area (Å²) in [6, 6.07) is 9.64. The Balaban J connectivity index is 1.79. The van der Waals surface area contributed by atoms with E-state index in [4.69, 9.17) is 29.4 Å². The fourth-order valence-electron chi connectivity index (χ4n) is 3.71. The highest BCUT2D eigenvalue weighted by Crippen LogP contribution is 2.52. The number of fused-ring (bicyclic) bond motifs is 1. The monoisotopic (exact) mass is 373 g/mol. The van der Waals surface area contributed by atoms with E-state index in [1.165, 1.54) is 0 Å². The molecule has 8 heteroatoms. The summed E-state index contributed by atoms with van der Waals surface area (Å²) in [5.74, 6) is 3.03. The molecule has 0 aromatic heterocycles. The van der Waals surface area contributed by atoms with Gasteiger partial charge in [0.1, 0.15) is 5.75 Å². The van der Waals surface area contributed by atoms with Crippen LogP contribution in [0.5, 0.6) is 28.7 Å². The van der Waals surface area contributed by atoms with E-state index in [2.05, 4.69) is 10.9 Å². The maximum Gasteiger partial charge on any atom is 0.231 e. The molecule has 3 unspecified atom stereocenters. The highest BCUT2D eigenvalue weighted by molar-refractivity contribution is 5.65. The van der Waals surface area contributed by atoms with Crippen molar-refractivity contribution in [3.8, 4) is 28.7 Å². The van der Waals surface area contributed by atoms with Gasteiger partial charge < -0.3 is 29.4 Å². The topological polar surface area (TPSA) is 96.2 Å². The van der Waals surface area contributed by atoms with Crippen molar-refractivity contribution >= 4 is 0 Å². The molecule has 1 fully saturated rings. The lowest BCUT2D eigenvalue weighted by Gasteiger charge is -2.24. The Hall–Kier alpha value is -2.68. The van der Waals surface area contributed by atoms with Gasteiger partial charge in [-0.15, -0.1) is 0 Å². The van der Waals surface area contributed by atoms with Crippen molar-refractivity contribution in [1.29, 1.82) is 0 Å². The van der Waals surface area contributed by atoms with E-state index in [1.54, 1.807) is 21.3 Å². The quantitative estimate of drug-likeness (QED) is 0.728. The molecule has 27 heavy (non-hydrogen) atoms. The Bertz CT molecular complexity index is 827. The van der Waals surface area contributed by atoms with Crippen LogP contribution in [-0.4, -0.2) is 34.3 Å². The van der Waals surface area contributed by atoms with E-state index in [0.717, 1.165) is 16.9 Å². The number of nitrogens with one attached hydrogen (secondary N) is 2. The lowest BCUT2D eigenvalue weighted by molar-refractivity contribution is 0.170. The fraction of sp³-hybridized carbons (Fsp3) is 0.368. The van der Waals surface area contributed by atoms with E-state index in [0.29, 0.717) is 23.0 Å². The number of hydrogen-bond acceptors (Lipinski definition) is 8. The average Bonchev–Trinajstić information content (AvgIpc) is 3.32. The molecule has 0 saturated carbocycles. The van der Waals surface area contributed by atoms with E-state index in [1.807, 2.05) is 30.3 Å². The summed E-state index contributed by atoms with van der Waals surface area (Å²) >= 11 is 0. The molecule has 2 aliphatic rings. The minimum atomic E-state index is -0.287. The first-order valence-electron chi connectivity index (χ1n) is 8.63. The summed E-state index contributed by atoms with van der Waals surface area (Å²) in [6.45, 7) is 0.149. The zero-order valence-electron chi connectivity index (χ0n) is 15.4. The molecule has 8 nitrogen and oxygen atoms in total. The molecule has 0 bridgehead atoms. The van der Waals surface area contributed by atoms with E-state index >= 15 is 0 Å². The molecule has 0 spiro atoms. The van der Waals surface area contributed by atoms with E-state index in [-0.39, 0.29) is 24.9 Å². The van der Waals surface area contributed by atoms with Crippen molar-refractivity contribution in [1.82, 2.24) is 10.9 Å². The number of benzene rings is 2. The number of hydrogen-bond donors (Lipinski definition) is 3. The van der Waals surface area contributed by atoms with Crippen LogP contribution in [0.15, 0.2) is 30.3 Å². The largest absolute Gasteiger partial charge is 0.497 e. The smallest absolute Gasteiger partial charge is 0.231 e. The molecule has 2 aromatic carbocycles. The van der Waals surface area contributed by atoms with Crippen LogP contribution in [0.4, 0.5) is 0 Å². The van der Waals surface area contributed by atoms with Crippen LogP contribution in [0.25, 0.3) is 0 Å². The fourth-order valence-corrected chi connectivity index (χ4v) is 3.71. The molecule has 0 aliphatic carbocycles. The van der Waals surface area contributed by atoms with Gasteiger partial charge in [0, 0.05) is 11.5 Å². The number of rotatable bonds is 5. The molecule has 144 valence electrons. The van der Waals surface area contributed by atoms with Crippen molar-refractivity contribution in [3.05, 3.63) is 41.5 Å². The van der Waals surface area contributed by atoms with E-state index < -0.39 is 0 Å². The summed E-state index contributed by atoms with van der Waals surface area (Å²) in [4.78, 5) is 0. The van der Waals surface area contributed by atoms with Gasteiger partial charge >= 0.3 is 0 Å². The van der Waals surface area contributed by atoms with Crippen LogP contribution in [0.3, 0.4) is 0 Å². The minimum Gasteiger partial charge on any atom is -0.497 e. The van der Waals surface area contributed by atoms with Crippen molar-refractivity contribution in [2.24, 2.45) is 5.73 Å². The third kappa shape index (κ3) is 2.91. The van der Waals surface area contributed by atoms with Crippen molar-refractivity contribution < 1.29 is 23.7 Å². The molecular formula is C19H23N3O5. The Morgan fingerprint density at radius 3 is 2.37 bits per heavy atom. The standard InChI is InChI=1S/C19H23N3O5/c1-23-11-6-4-10(5-7-11)14-15(21-22-19(14)20)12-8-13-17(27-9-26-13)18(25-3)16(12)24-2/h4-8,14-15,19,21-22H,9,20H2,1-3H3. The molecule has 2 aliphatic heterocycles. The van der Waals surface area contributed by atoms with Crippen LogP contribution in [0.2, 0.25) is 0 Å². The van der Waals surface area contributed by atoms with Gasteiger partial charge in [-0.1, -0.05) is 12.1 Å². The Morgan fingerprint density at radius 1 is 0.963 bits per heavy atom. The maximum atomic E-state index is 6.35. The number of methoxy groups -OCH3 is 3. The SMILES string of the molecule is COc1ccc(C2C(N)NNC2c2cc3c(c(OC)c2OC)OCO3)cc1. The first-order chi connectivity index (χ1) is 13.2. The number of ether oxygens (including phenoxy) is 5. The highest BCUT2D eigenvalue weighted by Gasteiger charge is 2.40. The summed E-state index contributed by atoms with van der Waals surface area (Å²) in [7, 11) is 4.83. The third-order valence-electron chi connectivity index (χ3n) is 5.00. The highest BCUT2D eigenvalue weighted by atomic mass is 16.7. The second kappa shape index (κ2) is 7.15. The molecule has 4 rings (SSSR count). The van der Waals surface area contributed by atoms with Crippen LogP contribution in [0.1, 0.15) is 23.1 Å². The molecule has 0 amide bonds. The van der Waals surface area contributed by atoms with Crippen LogP contribution in [-0.2, 0) is 0 Å². The van der Waals surface area contributed by atoms with Gasteiger partial charge in [-0.2, -0.15) is 0 Å². The zero-order chi connectivity index (χ0) is 19.0. The average molecular weight is 373 g/mol. The number of nitrogens with two attached hydrogens (primary N) is 1. The summed E-state index contributed by atoms with van der Waals surface area (Å²) in [5, 5.41) is 0. The molecule has 0 radical (unpaired) electrons. The molecule has 3 atom stereocenters. The van der Waals surface area contributed by atoms with Gasteiger partial charge in [0.2, 0.25) is 18.3 Å². The van der Waals surface area contributed by atoms with Gasteiger partial charge in [0.25, 0.3) is 0 Å². The summed E-state index contributed by atoms with van der Waals surface area (Å²) in [5.41, 5.74) is 14.7. The normalized spacial score (nSPS) is 23.3. The van der Waals surface area contributed by atoms with Crippen molar-refractivity contribution in [3.63, 3.8) is 0 Å². The maximum absolute atomic E-state index is 6.35. The molecule has 1 saturated heterocycles. The first kappa shape index (κ1) is 17.7. The second-order valence-electron chi connectivity index (χ2n) is 6.36. The van der Waals surface area contributed by atoms with Crippen LogP contribution < -0.4 is 40.3 Å². The van der Waals surface area contributed by atoms with Gasteiger partial charge in [0.05, 0.1) is 33.5 Å². The molecule has 2 aromatic rings. The van der Waals surface area contributed by atoms with Crippen LogP contribution >= 0.6 is 0 Å². The third-order valence-corrected chi connectivity index (χ3v) is 5.00. The van der Waals surface area contributed by atoms with Crippen molar-refractivity contribution in [2.45, 2.75) is 18.1 Å². The first-order valence-corrected chi connectivity index (χ1v) is 8.63. The predicted octanol–water partition coefficient (Wildman–Crippen LogP) is 1.66. The van der Waals surface area contributed by atoms with Crippen molar-refractivity contribution in [2.75, 3.05) is 28.1 Å². The predicted molar refractivity (Wildman–Crippen MR) is 98.4 cm³/mol. The Kier molecular flexibility index (Phi) is 4.69. The Labute approximate surface area is 157 Å². The van der Waals surface area contributed by atoms with Gasteiger partial charge in [-0.05, 0) is 23.8 Å². The zero-order valence-corrected chi connectivity index (χ0v) is 15.4. The molecule has 4 N–H and O–H groups in total. The second-order valence-corrected chi connectivity index (χ2v) is 6.36. The van der Waals surface area contributed by atoms with Gasteiger partial charge in [-0.25, -0.2) is 10.9 Å². The Morgan fingerprint density at radius 2 is 1.70 bits per heavy atom. The summed E-state index contributed by atoms with van der Waals surface area (Å²) in [6.07, 6.45) is -0.287. The van der Waals surface area contributed by atoms with Gasteiger partial charge in [0.15, 0.2) is 11.5 Å². The minimum absolute atomic E-state index is 0.0464. The summed E-state index contributed by atoms with van der Waals surface area (Å²) < 4.78 is 27.6. The van der Waals surface area contributed by atoms with E-state index in [9.17, 15) is 0 Å².